The van der Waals surface area contributed by atoms with Crippen molar-refractivity contribution in [1.82, 2.24) is 0 Å². The van der Waals surface area contributed by atoms with Crippen LogP contribution >= 0.6 is 0 Å². The van der Waals surface area contributed by atoms with E-state index in [0.717, 1.165) is 18.9 Å². The van der Waals surface area contributed by atoms with Crippen LogP contribution in [-0.2, 0) is 9.53 Å². The van der Waals surface area contributed by atoms with Crippen molar-refractivity contribution < 1.29 is 18.3 Å². The van der Waals surface area contributed by atoms with E-state index in [0.29, 0.717) is 18.6 Å². The fourth-order valence-electron chi connectivity index (χ4n) is 2.02. The van der Waals surface area contributed by atoms with Crippen molar-refractivity contribution in [3.8, 4) is 0 Å². The Morgan fingerprint density at radius 1 is 1.26 bits per heavy atom. The number of esters is 1. The summed E-state index contributed by atoms with van der Waals surface area (Å²) in [4.78, 5) is 11.6. The normalized spacial score (nSPS) is 12.2. The highest BCUT2D eigenvalue weighted by Gasteiger charge is 2.19. The maximum atomic E-state index is 13.7. The minimum absolute atomic E-state index is 0.135. The van der Waals surface area contributed by atoms with Gasteiger partial charge in [-0.1, -0.05) is 26.3 Å². The Balaban J connectivity index is 2.78. The summed E-state index contributed by atoms with van der Waals surface area (Å²) in [7, 11) is 0. The topological polar surface area (TPSA) is 26.3 Å². The predicted molar refractivity (Wildman–Crippen MR) is 69.9 cm³/mol. The largest absolute Gasteiger partial charge is 0.466 e. The van der Waals surface area contributed by atoms with Crippen LogP contribution in [0.25, 0.3) is 0 Å². The molecule has 1 atom stereocenters. The van der Waals surface area contributed by atoms with E-state index in [4.69, 9.17) is 4.74 Å². The van der Waals surface area contributed by atoms with Crippen LogP contribution in [0.15, 0.2) is 18.2 Å². The average Bonchev–Trinajstić information content (AvgIpc) is 2.36. The average molecular weight is 270 g/mol. The Morgan fingerprint density at radius 2 is 2.00 bits per heavy atom. The van der Waals surface area contributed by atoms with Gasteiger partial charge < -0.3 is 4.74 Å². The van der Waals surface area contributed by atoms with E-state index in [9.17, 15) is 13.6 Å². The molecular weight excluding hydrogens is 250 g/mol. The molecule has 0 aliphatic carbocycles. The number of hydrogen-bond acceptors (Lipinski definition) is 2. The highest BCUT2D eigenvalue weighted by molar-refractivity contribution is 5.70. The van der Waals surface area contributed by atoms with E-state index >= 15 is 0 Å². The minimum atomic E-state index is -0.606. The molecule has 2 nitrogen and oxygen atoms in total. The first kappa shape index (κ1) is 15.6. The van der Waals surface area contributed by atoms with E-state index in [2.05, 4.69) is 0 Å². The Labute approximate surface area is 112 Å². The molecule has 0 radical (unpaired) electrons. The first-order valence-corrected chi connectivity index (χ1v) is 6.69. The van der Waals surface area contributed by atoms with Gasteiger partial charge in [0.25, 0.3) is 0 Å². The van der Waals surface area contributed by atoms with Crippen LogP contribution in [0.1, 0.15) is 51.0 Å². The number of carbonyl (C=O) groups is 1. The van der Waals surface area contributed by atoms with Crippen LogP contribution in [-0.4, -0.2) is 12.6 Å². The van der Waals surface area contributed by atoms with Gasteiger partial charge in [0.1, 0.15) is 11.6 Å². The molecule has 0 amide bonds. The lowest BCUT2D eigenvalue weighted by atomic mass is 9.91. The van der Waals surface area contributed by atoms with E-state index in [1.54, 1.807) is 0 Å². The van der Waals surface area contributed by atoms with Crippen molar-refractivity contribution in [2.24, 2.45) is 0 Å². The van der Waals surface area contributed by atoms with Crippen molar-refractivity contribution in [3.63, 3.8) is 0 Å². The summed E-state index contributed by atoms with van der Waals surface area (Å²) >= 11 is 0. The highest BCUT2D eigenvalue weighted by atomic mass is 19.1. The van der Waals surface area contributed by atoms with Crippen LogP contribution in [0.4, 0.5) is 8.78 Å². The van der Waals surface area contributed by atoms with Crippen molar-refractivity contribution >= 4 is 5.97 Å². The molecule has 0 saturated carbocycles. The highest BCUT2D eigenvalue weighted by Crippen LogP contribution is 2.28. The smallest absolute Gasteiger partial charge is 0.306 e. The molecule has 0 N–H and O–H groups in total. The molecule has 106 valence electrons. The second-order valence-corrected chi connectivity index (χ2v) is 4.58. The maximum Gasteiger partial charge on any atom is 0.306 e. The van der Waals surface area contributed by atoms with Gasteiger partial charge in [0.2, 0.25) is 0 Å². The third kappa shape index (κ3) is 4.97. The van der Waals surface area contributed by atoms with Crippen molar-refractivity contribution in [1.29, 1.82) is 0 Å². The van der Waals surface area contributed by atoms with Crippen LogP contribution in [0, 0.1) is 11.6 Å². The number of hydrogen-bond donors (Lipinski definition) is 0. The van der Waals surface area contributed by atoms with Crippen LogP contribution < -0.4 is 0 Å². The lowest BCUT2D eigenvalue weighted by Gasteiger charge is -2.16. The Kier molecular flexibility index (Phi) is 6.46. The van der Waals surface area contributed by atoms with Gasteiger partial charge in [-0.15, -0.1) is 0 Å². The summed E-state index contributed by atoms with van der Waals surface area (Å²) in [6.07, 6.45) is 2.39. The van der Waals surface area contributed by atoms with E-state index in [-0.39, 0.29) is 18.3 Å². The van der Waals surface area contributed by atoms with E-state index in [1.807, 2.05) is 13.8 Å². The summed E-state index contributed by atoms with van der Waals surface area (Å²) in [6, 6.07) is 3.49. The Bertz CT molecular complexity index is 419. The quantitative estimate of drug-likeness (QED) is 0.694. The molecule has 0 fully saturated rings. The zero-order valence-corrected chi connectivity index (χ0v) is 11.4. The molecule has 1 aromatic carbocycles. The zero-order chi connectivity index (χ0) is 14.3. The second-order valence-electron chi connectivity index (χ2n) is 4.58. The Morgan fingerprint density at radius 3 is 2.58 bits per heavy atom. The third-order valence-electron chi connectivity index (χ3n) is 2.92. The van der Waals surface area contributed by atoms with Gasteiger partial charge in [-0.25, -0.2) is 8.78 Å². The SMILES string of the molecule is CCCOC(=O)CC(CCC)c1ccc(F)cc1F. The van der Waals surface area contributed by atoms with Gasteiger partial charge in [0, 0.05) is 6.07 Å². The van der Waals surface area contributed by atoms with Gasteiger partial charge in [-0.3, -0.25) is 4.79 Å². The molecule has 0 aromatic heterocycles. The molecule has 0 spiro atoms. The molecule has 4 heteroatoms. The Hall–Kier alpha value is -1.45. The standard InChI is InChI=1S/C15H20F2O2/c1-3-5-11(9-15(18)19-8-4-2)13-7-6-12(16)10-14(13)17/h6-7,10-11H,3-5,8-9H2,1-2H3. The summed E-state index contributed by atoms with van der Waals surface area (Å²) in [5.74, 6) is -1.79. The molecule has 0 aliphatic rings. The van der Waals surface area contributed by atoms with Gasteiger partial charge in [0.05, 0.1) is 13.0 Å². The van der Waals surface area contributed by atoms with Crippen LogP contribution in [0.2, 0.25) is 0 Å². The maximum absolute atomic E-state index is 13.7. The van der Waals surface area contributed by atoms with Crippen molar-refractivity contribution in [3.05, 3.63) is 35.4 Å². The van der Waals surface area contributed by atoms with Crippen LogP contribution in [0.5, 0.6) is 0 Å². The predicted octanol–water partition coefficient (Wildman–Crippen LogP) is 4.19. The molecule has 0 bridgehead atoms. The summed E-state index contributed by atoms with van der Waals surface area (Å²) in [5, 5.41) is 0. The van der Waals surface area contributed by atoms with Gasteiger partial charge in [0.15, 0.2) is 0 Å². The van der Waals surface area contributed by atoms with Gasteiger partial charge in [-0.05, 0) is 30.4 Å². The van der Waals surface area contributed by atoms with Crippen molar-refractivity contribution in [2.45, 2.75) is 45.4 Å². The molecule has 19 heavy (non-hydrogen) atoms. The fraction of sp³-hybridized carbons (Fsp3) is 0.533. The molecule has 1 rings (SSSR count). The first-order chi connectivity index (χ1) is 9.08. The van der Waals surface area contributed by atoms with E-state index in [1.165, 1.54) is 12.1 Å². The van der Waals surface area contributed by atoms with Gasteiger partial charge in [-0.2, -0.15) is 0 Å². The summed E-state index contributed by atoms with van der Waals surface area (Å²) in [6.45, 7) is 4.26. The minimum Gasteiger partial charge on any atom is -0.466 e. The van der Waals surface area contributed by atoms with E-state index < -0.39 is 11.6 Å². The second kappa shape index (κ2) is 7.87. The monoisotopic (exact) mass is 270 g/mol. The molecule has 1 unspecified atom stereocenters. The zero-order valence-electron chi connectivity index (χ0n) is 11.4. The molecule has 1 aromatic rings. The lowest BCUT2D eigenvalue weighted by molar-refractivity contribution is -0.144. The van der Waals surface area contributed by atoms with Gasteiger partial charge >= 0.3 is 5.97 Å². The van der Waals surface area contributed by atoms with Crippen LogP contribution in [0.3, 0.4) is 0 Å². The number of carbonyl (C=O) groups excluding carboxylic acids is 1. The third-order valence-corrected chi connectivity index (χ3v) is 2.92. The summed E-state index contributed by atoms with van der Waals surface area (Å²) in [5.41, 5.74) is 0.386. The first-order valence-electron chi connectivity index (χ1n) is 6.69. The number of benzene rings is 1. The molecule has 0 saturated heterocycles. The fourth-order valence-corrected chi connectivity index (χ4v) is 2.02. The molecule has 0 aliphatic heterocycles. The van der Waals surface area contributed by atoms with Crippen molar-refractivity contribution in [2.75, 3.05) is 6.61 Å². The lowest BCUT2D eigenvalue weighted by Crippen LogP contribution is -2.12. The molecule has 0 heterocycles. The number of ether oxygens (including phenoxy) is 1. The molecular formula is C15H20F2O2. The summed E-state index contributed by atoms with van der Waals surface area (Å²) < 4.78 is 31.6. The number of halogens is 2. The number of rotatable bonds is 7.